The topological polar surface area (TPSA) is 66.2 Å². The molecule has 1 aliphatic heterocycles. The quantitative estimate of drug-likeness (QED) is 0.396. The Bertz CT molecular complexity index is 1030. The second-order valence-electron chi connectivity index (χ2n) is 8.16. The molecule has 1 fully saturated rings. The maximum atomic E-state index is 6.26. The van der Waals surface area contributed by atoms with Crippen molar-refractivity contribution in [2.24, 2.45) is 11.8 Å². The van der Waals surface area contributed by atoms with Gasteiger partial charge >= 0.3 is 0 Å². The molecule has 1 saturated heterocycles. The average Bonchev–Trinajstić information content (AvgIpc) is 3.21. The van der Waals surface area contributed by atoms with E-state index in [9.17, 15) is 0 Å². The van der Waals surface area contributed by atoms with Gasteiger partial charge in [-0.2, -0.15) is 4.98 Å². The number of halogens is 1. The van der Waals surface area contributed by atoms with Crippen LogP contribution in [0.2, 0.25) is 5.15 Å². The molecule has 6 nitrogen and oxygen atoms in total. The molecule has 0 amide bonds. The monoisotopic (exact) mass is 455 g/mol. The molecule has 0 radical (unpaired) electrons. The fourth-order valence-corrected chi connectivity index (χ4v) is 4.36. The third-order valence-corrected chi connectivity index (χ3v) is 5.68. The summed E-state index contributed by atoms with van der Waals surface area (Å²) in [6.45, 7) is 6.90. The van der Waals surface area contributed by atoms with Crippen LogP contribution < -0.4 is 15.5 Å². The third kappa shape index (κ3) is 5.74. The molecule has 1 aromatic carbocycles. The van der Waals surface area contributed by atoms with Crippen molar-refractivity contribution >= 4 is 40.7 Å². The van der Waals surface area contributed by atoms with Gasteiger partial charge in [-0.15, -0.1) is 0 Å². The highest BCUT2D eigenvalue weighted by Crippen LogP contribution is 2.27. The first-order valence-corrected chi connectivity index (χ1v) is 11.2. The van der Waals surface area contributed by atoms with Gasteiger partial charge in [0.15, 0.2) is 5.11 Å². The van der Waals surface area contributed by atoms with Crippen LogP contribution in [0.15, 0.2) is 52.9 Å². The molecule has 0 saturated carbocycles. The zero-order valence-electron chi connectivity index (χ0n) is 17.6. The van der Waals surface area contributed by atoms with E-state index in [1.165, 1.54) is 6.42 Å². The number of nitrogens with zero attached hydrogens (tertiary/aromatic N) is 3. The minimum atomic E-state index is 0.385. The maximum absolute atomic E-state index is 6.26. The summed E-state index contributed by atoms with van der Waals surface area (Å²) in [7, 11) is 0. The average molecular weight is 456 g/mol. The standard InChI is InChI=1S/C23H26ClN5OS/c1-15-10-16(2)14-29(13-15)21-11-20(24)26-22(27-21)28-23(31)25-12-18-8-9-19(30-18)17-6-4-3-5-7-17/h3-9,11,15-16H,10,12-14H2,1-2H3,(H2,25,26,27,28,31)/t15-,16-/m1/s1. The zero-order chi connectivity index (χ0) is 21.8. The summed E-state index contributed by atoms with van der Waals surface area (Å²) >= 11 is 11.7. The van der Waals surface area contributed by atoms with Gasteiger partial charge in [0.1, 0.15) is 22.5 Å². The number of benzene rings is 1. The van der Waals surface area contributed by atoms with E-state index < -0.39 is 0 Å². The van der Waals surface area contributed by atoms with Gasteiger partial charge in [-0.3, -0.25) is 0 Å². The molecule has 0 spiro atoms. The SMILES string of the molecule is C[C@@H]1C[C@@H](C)CN(c2cc(Cl)nc(NC(=S)NCc3ccc(-c4ccccc4)o3)n2)C1. The maximum Gasteiger partial charge on any atom is 0.232 e. The lowest BCUT2D eigenvalue weighted by Crippen LogP contribution is -2.39. The predicted octanol–water partition coefficient (Wildman–Crippen LogP) is 5.36. The van der Waals surface area contributed by atoms with Crippen molar-refractivity contribution in [1.82, 2.24) is 15.3 Å². The van der Waals surface area contributed by atoms with E-state index in [1.54, 1.807) is 0 Å². The number of rotatable bonds is 5. The van der Waals surface area contributed by atoms with Crippen molar-refractivity contribution in [2.75, 3.05) is 23.3 Å². The molecule has 1 aliphatic rings. The lowest BCUT2D eigenvalue weighted by atomic mass is 9.92. The van der Waals surface area contributed by atoms with Gasteiger partial charge in [0.05, 0.1) is 6.54 Å². The van der Waals surface area contributed by atoms with E-state index in [0.29, 0.717) is 34.6 Å². The fourth-order valence-electron chi connectivity index (χ4n) is 4.02. The summed E-state index contributed by atoms with van der Waals surface area (Å²) in [4.78, 5) is 11.2. The summed E-state index contributed by atoms with van der Waals surface area (Å²) in [6.07, 6.45) is 1.23. The van der Waals surface area contributed by atoms with E-state index in [-0.39, 0.29) is 0 Å². The Kier molecular flexibility index (Phi) is 6.73. The van der Waals surface area contributed by atoms with Crippen molar-refractivity contribution < 1.29 is 4.42 Å². The normalized spacial score (nSPS) is 18.6. The minimum absolute atomic E-state index is 0.385. The van der Waals surface area contributed by atoms with Crippen LogP contribution in [0.5, 0.6) is 0 Å². The number of nitrogens with one attached hydrogen (secondary N) is 2. The summed E-state index contributed by atoms with van der Waals surface area (Å²) in [5, 5.41) is 6.97. The first-order chi connectivity index (χ1) is 15.0. The molecule has 0 bridgehead atoms. The molecule has 3 heterocycles. The predicted molar refractivity (Wildman–Crippen MR) is 129 cm³/mol. The zero-order valence-corrected chi connectivity index (χ0v) is 19.2. The van der Waals surface area contributed by atoms with Crippen LogP contribution in [-0.2, 0) is 6.54 Å². The van der Waals surface area contributed by atoms with E-state index in [4.69, 9.17) is 28.2 Å². The second kappa shape index (κ2) is 9.66. The molecular weight excluding hydrogens is 430 g/mol. The first-order valence-electron chi connectivity index (χ1n) is 10.4. The van der Waals surface area contributed by atoms with Gasteiger partial charge in [-0.1, -0.05) is 55.8 Å². The number of anilines is 2. The van der Waals surface area contributed by atoms with Crippen molar-refractivity contribution in [1.29, 1.82) is 0 Å². The van der Waals surface area contributed by atoms with Crippen LogP contribution in [0.3, 0.4) is 0 Å². The Morgan fingerprint density at radius 3 is 2.61 bits per heavy atom. The molecule has 0 aliphatic carbocycles. The summed E-state index contributed by atoms with van der Waals surface area (Å²) in [5.41, 5.74) is 1.04. The highest BCUT2D eigenvalue weighted by atomic mass is 35.5. The van der Waals surface area contributed by atoms with Crippen LogP contribution in [0.1, 0.15) is 26.0 Å². The fraction of sp³-hybridized carbons (Fsp3) is 0.348. The van der Waals surface area contributed by atoms with E-state index in [1.807, 2.05) is 48.5 Å². The van der Waals surface area contributed by atoms with Gasteiger partial charge in [0.25, 0.3) is 0 Å². The Morgan fingerprint density at radius 1 is 1.13 bits per heavy atom. The van der Waals surface area contributed by atoms with Crippen molar-refractivity contribution in [3.63, 3.8) is 0 Å². The molecule has 162 valence electrons. The lowest BCUT2D eigenvalue weighted by Gasteiger charge is -2.35. The van der Waals surface area contributed by atoms with Gasteiger partial charge in [-0.05, 0) is 42.6 Å². The van der Waals surface area contributed by atoms with Crippen LogP contribution in [-0.4, -0.2) is 28.2 Å². The van der Waals surface area contributed by atoms with Crippen molar-refractivity contribution in [2.45, 2.75) is 26.8 Å². The highest BCUT2D eigenvalue weighted by molar-refractivity contribution is 7.80. The second-order valence-corrected chi connectivity index (χ2v) is 8.96. The number of piperidine rings is 1. The Balaban J connectivity index is 1.36. The van der Waals surface area contributed by atoms with Gasteiger partial charge < -0.3 is 20.0 Å². The first kappa shape index (κ1) is 21.6. The van der Waals surface area contributed by atoms with E-state index in [0.717, 1.165) is 36.0 Å². The molecule has 2 aromatic heterocycles. The van der Waals surface area contributed by atoms with Crippen LogP contribution >= 0.6 is 23.8 Å². The van der Waals surface area contributed by atoms with E-state index in [2.05, 4.69) is 39.3 Å². The number of thiocarbonyl (C=S) groups is 1. The van der Waals surface area contributed by atoms with Crippen LogP contribution in [0, 0.1) is 11.8 Å². The smallest absolute Gasteiger partial charge is 0.232 e. The Labute approximate surface area is 193 Å². The van der Waals surface area contributed by atoms with E-state index >= 15 is 0 Å². The Morgan fingerprint density at radius 2 is 1.87 bits per heavy atom. The van der Waals surface area contributed by atoms with Crippen molar-refractivity contribution in [3.05, 3.63) is 59.4 Å². The van der Waals surface area contributed by atoms with Gasteiger partial charge in [0.2, 0.25) is 5.95 Å². The number of hydrogen-bond donors (Lipinski definition) is 2. The largest absolute Gasteiger partial charge is 0.459 e. The lowest BCUT2D eigenvalue weighted by molar-refractivity contribution is 0.355. The molecule has 0 unspecified atom stereocenters. The molecule has 2 N–H and O–H groups in total. The van der Waals surface area contributed by atoms with Gasteiger partial charge in [0, 0.05) is 24.7 Å². The summed E-state index contributed by atoms with van der Waals surface area (Å²) in [5.74, 6) is 4.05. The highest BCUT2D eigenvalue weighted by Gasteiger charge is 2.23. The molecular formula is C23H26ClN5OS. The molecule has 4 rings (SSSR count). The third-order valence-electron chi connectivity index (χ3n) is 5.24. The molecule has 2 atom stereocenters. The van der Waals surface area contributed by atoms with Crippen LogP contribution in [0.4, 0.5) is 11.8 Å². The van der Waals surface area contributed by atoms with Crippen LogP contribution in [0.25, 0.3) is 11.3 Å². The molecule has 31 heavy (non-hydrogen) atoms. The Hall–Kier alpha value is -2.64. The van der Waals surface area contributed by atoms with Crippen molar-refractivity contribution in [3.8, 4) is 11.3 Å². The molecule has 3 aromatic rings. The minimum Gasteiger partial charge on any atom is -0.459 e. The number of furan rings is 1. The summed E-state index contributed by atoms with van der Waals surface area (Å²) in [6, 6.07) is 15.7. The number of aromatic nitrogens is 2. The van der Waals surface area contributed by atoms with Gasteiger partial charge in [-0.25, -0.2) is 4.98 Å². The molecule has 8 heteroatoms. The summed E-state index contributed by atoms with van der Waals surface area (Å²) < 4.78 is 5.90. The number of hydrogen-bond acceptors (Lipinski definition) is 5.